The summed E-state index contributed by atoms with van der Waals surface area (Å²) in [5.41, 5.74) is 7.18. The number of piperazine rings is 1. The Hall–Kier alpha value is -2.25. The first-order valence-electron chi connectivity index (χ1n) is 6.95. The molecule has 2 heterocycles. The Morgan fingerprint density at radius 2 is 2.19 bits per heavy atom. The van der Waals surface area contributed by atoms with Gasteiger partial charge >= 0.3 is 0 Å². The van der Waals surface area contributed by atoms with Gasteiger partial charge in [0.1, 0.15) is 6.04 Å². The standard InChI is InChI=1S/C14H18N6O/c15-14(21)13-9-16-6-7-19(13)10-11-8-17-20(18-11)12-4-2-1-3-5-12/h1-5,8,13,16H,6-7,9-10H2,(H2,15,21). The molecule has 0 spiro atoms. The fourth-order valence-corrected chi connectivity index (χ4v) is 2.48. The summed E-state index contributed by atoms with van der Waals surface area (Å²) >= 11 is 0. The van der Waals surface area contributed by atoms with Gasteiger partial charge in [-0.2, -0.15) is 15.0 Å². The number of aromatic nitrogens is 3. The van der Waals surface area contributed by atoms with Crippen LogP contribution in [-0.4, -0.2) is 51.5 Å². The molecule has 1 unspecified atom stereocenters. The maximum absolute atomic E-state index is 11.5. The lowest BCUT2D eigenvalue weighted by Gasteiger charge is -2.33. The number of rotatable bonds is 4. The number of primary amides is 1. The highest BCUT2D eigenvalue weighted by molar-refractivity contribution is 5.80. The van der Waals surface area contributed by atoms with Gasteiger partial charge in [-0.25, -0.2) is 0 Å². The molecule has 1 fully saturated rings. The first kappa shape index (κ1) is 13.7. The number of carbonyl (C=O) groups excluding carboxylic acids is 1. The normalized spacial score (nSPS) is 19.5. The predicted molar refractivity (Wildman–Crippen MR) is 77.6 cm³/mol. The van der Waals surface area contributed by atoms with Crippen molar-refractivity contribution in [1.29, 1.82) is 0 Å². The van der Waals surface area contributed by atoms with E-state index >= 15 is 0 Å². The second kappa shape index (κ2) is 6.02. The highest BCUT2D eigenvalue weighted by atomic mass is 16.1. The minimum Gasteiger partial charge on any atom is -0.368 e. The average molecular weight is 286 g/mol. The number of hydrogen-bond acceptors (Lipinski definition) is 5. The van der Waals surface area contributed by atoms with Crippen LogP contribution in [0, 0.1) is 0 Å². The maximum Gasteiger partial charge on any atom is 0.236 e. The summed E-state index contributed by atoms with van der Waals surface area (Å²) in [6, 6.07) is 9.43. The van der Waals surface area contributed by atoms with Gasteiger partial charge in [0, 0.05) is 26.2 Å². The van der Waals surface area contributed by atoms with E-state index in [0.717, 1.165) is 24.5 Å². The van der Waals surface area contributed by atoms with Gasteiger partial charge < -0.3 is 11.1 Å². The molecule has 1 aliphatic rings. The molecule has 1 aliphatic heterocycles. The molecule has 0 aliphatic carbocycles. The monoisotopic (exact) mass is 286 g/mol. The molecule has 0 saturated carbocycles. The quantitative estimate of drug-likeness (QED) is 0.793. The molecule has 0 bridgehead atoms. The van der Waals surface area contributed by atoms with Crippen molar-refractivity contribution in [2.45, 2.75) is 12.6 Å². The van der Waals surface area contributed by atoms with Crippen LogP contribution in [0.2, 0.25) is 0 Å². The van der Waals surface area contributed by atoms with E-state index in [2.05, 4.69) is 15.5 Å². The number of nitrogens with zero attached hydrogens (tertiary/aromatic N) is 4. The van der Waals surface area contributed by atoms with Gasteiger partial charge in [0.15, 0.2) is 0 Å². The summed E-state index contributed by atoms with van der Waals surface area (Å²) in [6.45, 7) is 2.77. The van der Waals surface area contributed by atoms with Crippen molar-refractivity contribution in [1.82, 2.24) is 25.2 Å². The van der Waals surface area contributed by atoms with Crippen molar-refractivity contribution in [2.75, 3.05) is 19.6 Å². The van der Waals surface area contributed by atoms with E-state index in [0.29, 0.717) is 13.1 Å². The molecule has 110 valence electrons. The smallest absolute Gasteiger partial charge is 0.236 e. The summed E-state index contributed by atoms with van der Waals surface area (Å²) in [7, 11) is 0. The topological polar surface area (TPSA) is 89.1 Å². The number of benzene rings is 1. The zero-order valence-electron chi connectivity index (χ0n) is 11.6. The zero-order valence-corrected chi connectivity index (χ0v) is 11.6. The van der Waals surface area contributed by atoms with E-state index < -0.39 is 0 Å². The molecule has 0 radical (unpaired) electrons. The molecule has 1 aromatic heterocycles. The first-order valence-corrected chi connectivity index (χ1v) is 6.95. The number of para-hydroxylation sites is 1. The third-order valence-electron chi connectivity index (χ3n) is 3.57. The lowest BCUT2D eigenvalue weighted by molar-refractivity contribution is -0.124. The molecule has 21 heavy (non-hydrogen) atoms. The van der Waals surface area contributed by atoms with Gasteiger partial charge in [0.25, 0.3) is 0 Å². The number of hydrogen-bond donors (Lipinski definition) is 2. The van der Waals surface area contributed by atoms with E-state index in [1.54, 1.807) is 11.0 Å². The predicted octanol–water partition coefficient (Wildman–Crippen LogP) is -0.474. The number of carbonyl (C=O) groups is 1. The van der Waals surface area contributed by atoms with Crippen molar-refractivity contribution in [3.8, 4) is 5.69 Å². The van der Waals surface area contributed by atoms with Gasteiger partial charge in [0.2, 0.25) is 5.91 Å². The van der Waals surface area contributed by atoms with Gasteiger partial charge in [0.05, 0.1) is 17.6 Å². The highest BCUT2D eigenvalue weighted by Gasteiger charge is 2.27. The second-order valence-electron chi connectivity index (χ2n) is 5.05. The average Bonchev–Trinajstić information content (AvgIpc) is 2.97. The zero-order chi connectivity index (χ0) is 14.7. The van der Waals surface area contributed by atoms with Crippen LogP contribution in [0.5, 0.6) is 0 Å². The van der Waals surface area contributed by atoms with E-state index in [4.69, 9.17) is 5.73 Å². The van der Waals surface area contributed by atoms with Crippen molar-refractivity contribution in [3.05, 3.63) is 42.2 Å². The van der Waals surface area contributed by atoms with Crippen LogP contribution in [0.25, 0.3) is 5.69 Å². The third-order valence-corrected chi connectivity index (χ3v) is 3.57. The van der Waals surface area contributed by atoms with Gasteiger partial charge in [-0.1, -0.05) is 18.2 Å². The van der Waals surface area contributed by atoms with Gasteiger partial charge in [-0.15, -0.1) is 0 Å². The lowest BCUT2D eigenvalue weighted by atomic mass is 10.1. The SMILES string of the molecule is NC(=O)C1CNCCN1Cc1cnn(-c2ccccc2)n1. The minimum absolute atomic E-state index is 0.291. The van der Waals surface area contributed by atoms with Crippen molar-refractivity contribution in [2.24, 2.45) is 5.73 Å². The molecule has 2 aromatic rings. The molecule has 3 rings (SSSR count). The largest absolute Gasteiger partial charge is 0.368 e. The van der Waals surface area contributed by atoms with E-state index in [9.17, 15) is 4.79 Å². The third kappa shape index (κ3) is 3.09. The van der Waals surface area contributed by atoms with Crippen molar-refractivity contribution >= 4 is 5.91 Å². The van der Waals surface area contributed by atoms with Crippen molar-refractivity contribution in [3.63, 3.8) is 0 Å². The Kier molecular flexibility index (Phi) is 3.94. The summed E-state index contributed by atoms with van der Waals surface area (Å²) < 4.78 is 0. The fourth-order valence-electron chi connectivity index (χ4n) is 2.48. The minimum atomic E-state index is -0.308. The van der Waals surface area contributed by atoms with Crippen LogP contribution >= 0.6 is 0 Å². The van der Waals surface area contributed by atoms with Crippen LogP contribution in [0.1, 0.15) is 5.69 Å². The number of nitrogens with one attached hydrogen (secondary N) is 1. The Balaban J connectivity index is 1.73. The van der Waals surface area contributed by atoms with Crippen molar-refractivity contribution < 1.29 is 4.79 Å². The Bertz CT molecular complexity index is 611. The maximum atomic E-state index is 11.5. The number of nitrogens with two attached hydrogens (primary N) is 1. The van der Waals surface area contributed by atoms with Crippen LogP contribution in [0.15, 0.2) is 36.5 Å². The second-order valence-corrected chi connectivity index (χ2v) is 5.05. The summed E-state index contributed by atoms with van der Waals surface area (Å²) in [5, 5.41) is 11.9. The molecule has 1 aromatic carbocycles. The Morgan fingerprint density at radius 1 is 1.38 bits per heavy atom. The van der Waals surface area contributed by atoms with Crippen LogP contribution in [0.3, 0.4) is 0 Å². The summed E-state index contributed by atoms with van der Waals surface area (Å²) in [5.74, 6) is -0.308. The van der Waals surface area contributed by atoms with E-state index in [1.165, 1.54) is 0 Å². The van der Waals surface area contributed by atoms with E-state index in [1.807, 2.05) is 35.2 Å². The Morgan fingerprint density at radius 3 is 2.95 bits per heavy atom. The molecular weight excluding hydrogens is 268 g/mol. The lowest BCUT2D eigenvalue weighted by Crippen LogP contribution is -2.56. The molecule has 1 amide bonds. The molecule has 3 N–H and O–H groups in total. The van der Waals surface area contributed by atoms with Gasteiger partial charge in [-0.3, -0.25) is 9.69 Å². The van der Waals surface area contributed by atoms with Crippen LogP contribution < -0.4 is 11.1 Å². The van der Waals surface area contributed by atoms with E-state index in [-0.39, 0.29) is 11.9 Å². The highest BCUT2D eigenvalue weighted by Crippen LogP contribution is 2.10. The first-order chi connectivity index (χ1) is 10.2. The number of amides is 1. The molecule has 1 saturated heterocycles. The Labute approximate surface area is 122 Å². The van der Waals surface area contributed by atoms with Crippen LogP contribution in [0.4, 0.5) is 0 Å². The van der Waals surface area contributed by atoms with Gasteiger partial charge in [-0.05, 0) is 12.1 Å². The molecule has 7 nitrogen and oxygen atoms in total. The molecule has 1 atom stereocenters. The molecular formula is C14H18N6O. The summed E-state index contributed by atoms with van der Waals surface area (Å²) in [4.78, 5) is 15.1. The molecule has 7 heteroatoms. The van der Waals surface area contributed by atoms with Crippen LogP contribution in [-0.2, 0) is 11.3 Å². The summed E-state index contributed by atoms with van der Waals surface area (Å²) in [6.07, 6.45) is 1.73. The fraction of sp³-hybridized carbons (Fsp3) is 0.357.